The third-order valence-electron chi connectivity index (χ3n) is 3.18. The summed E-state index contributed by atoms with van der Waals surface area (Å²) in [7, 11) is -3.36. The molecule has 0 aromatic rings. The smallest absolute Gasteiger partial charge is 0.213 e. The zero-order valence-electron chi connectivity index (χ0n) is 10.6. The van der Waals surface area contributed by atoms with Crippen molar-refractivity contribution in [3.63, 3.8) is 0 Å². The summed E-state index contributed by atoms with van der Waals surface area (Å²) >= 11 is 0. The van der Waals surface area contributed by atoms with Crippen molar-refractivity contribution in [3.05, 3.63) is 0 Å². The first-order chi connectivity index (χ1) is 8.10. The molecule has 0 spiro atoms. The van der Waals surface area contributed by atoms with Crippen molar-refractivity contribution in [2.45, 2.75) is 51.7 Å². The third kappa shape index (κ3) is 5.14. The van der Waals surface area contributed by atoms with Gasteiger partial charge in [0.1, 0.15) is 0 Å². The molecule has 1 aliphatic carbocycles. The van der Waals surface area contributed by atoms with Crippen LogP contribution in [0.25, 0.3) is 0 Å². The molecule has 0 saturated heterocycles. The molecule has 0 heterocycles. The number of hydrogen-bond acceptors (Lipinski definition) is 2. The third-order valence-corrected chi connectivity index (χ3v) is 4.92. The van der Waals surface area contributed by atoms with Gasteiger partial charge in [-0.15, -0.1) is 0 Å². The summed E-state index contributed by atoms with van der Waals surface area (Å²) in [6.45, 7) is 3.44. The summed E-state index contributed by atoms with van der Waals surface area (Å²) in [4.78, 5) is 0. The van der Waals surface area contributed by atoms with Crippen LogP contribution in [-0.4, -0.2) is 26.4 Å². The van der Waals surface area contributed by atoms with Gasteiger partial charge in [-0.1, -0.05) is 0 Å². The van der Waals surface area contributed by atoms with E-state index >= 15 is 0 Å². The van der Waals surface area contributed by atoms with E-state index in [0.29, 0.717) is 12.8 Å². The summed E-state index contributed by atoms with van der Waals surface area (Å²) in [5.74, 6) is -1.47. The standard InChI is InChI=1S/C11H20F3NO2S/c1-8(2)15-18(16,17)7-9-3-5-10(6-4-9)11(12,13)14/h8-10,15H,3-7H2,1-2H3. The van der Waals surface area contributed by atoms with Crippen LogP contribution in [0.3, 0.4) is 0 Å². The van der Waals surface area contributed by atoms with Crippen LogP contribution in [0.5, 0.6) is 0 Å². The first kappa shape index (κ1) is 15.8. The first-order valence-electron chi connectivity index (χ1n) is 6.17. The van der Waals surface area contributed by atoms with E-state index in [-0.39, 0.29) is 30.6 Å². The van der Waals surface area contributed by atoms with Gasteiger partial charge in [-0.05, 0) is 45.4 Å². The topological polar surface area (TPSA) is 46.2 Å². The van der Waals surface area contributed by atoms with Crippen LogP contribution in [0.4, 0.5) is 13.2 Å². The molecule has 7 heteroatoms. The number of hydrogen-bond donors (Lipinski definition) is 1. The number of halogens is 3. The normalized spacial score (nSPS) is 26.6. The highest BCUT2D eigenvalue weighted by atomic mass is 32.2. The molecule has 0 unspecified atom stereocenters. The van der Waals surface area contributed by atoms with E-state index in [1.54, 1.807) is 13.8 Å². The Balaban J connectivity index is 2.45. The monoisotopic (exact) mass is 287 g/mol. The van der Waals surface area contributed by atoms with Crippen molar-refractivity contribution in [1.82, 2.24) is 4.72 Å². The summed E-state index contributed by atoms with van der Waals surface area (Å²) < 4.78 is 63.1. The van der Waals surface area contributed by atoms with Gasteiger partial charge >= 0.3 is 6.18 Å². The van der Waals surface area contributed by atoms with Gasteiger partial charge in [0.15, 0.2) is 0 Å². The highest BCUT2D eigenvalue weighted by Crippen LogP contribution is 2.39. The number of sulfonamides is 1. The maximum Gasteiger partial charge on any atom is 0.391 e. The maximum absolute atomic E-state index is 12.4. The highest BCUT2D eigenvalue weighted by molar-refractivity contribution is 7.89. The molecule has 0 aromatic heterocycles. The fraction of sp³-hybridized carbons (Fsp3) is 1.00. The van der Waals surface area contributed by atoms with Crippen molar-refractivity contribution in [3.8, 4) is 0 Å². The van der Waals surface area contributed by atoms with Gasteiger partial charge in [0.2, 0.25) is 10.0 Å². The molecule has 0 aromatic carbocycles. The van der Waals surface area contributed by atoms with Crippen LogP contribution in [0, 0.1) is 11.8 Å². The minimum absolute atomic E-state index is 0.0470. The molecule has 1 fully saturated rings. The molecule has 1 rings (SSSR count). The lowest BCUT2D eigenvalue weighted by Crippen LogP contribution is -2.36. The highest BCUT2D eigenvalue weighted by Gasteiger charge is 2.41. The van der Waals surface area contributed by atoms with Crippen LogP contribution in [0.15, 0.2) is 0 Å². The molecule has 0 aliphatic heterocycles. The maximum atomic E-state index is 12.4. The van der Waals surface area contributed by atoms with E-state index < -0.39 is 22.1 Å². The van der Waals surface area contributed by atoms with Gasteiger partial charge in [0.25, 0.3) is 0 Å². The summed E-state index contributed by atoms with van der Waals surface area (Å²) in [5, 5.41) is 0. The van der Waals surface area contributed by atoms with Gasteiger partial charge in [0.05, 0.1) is 11.7 Å². The van der Waals surface area contributed by atoms with E-state index in [4.69, 9.17) is 0 Å². The summed E-state index contributed by atoms with van der Waals surface area (Å²) in [5.41, 5.74) is 0. The Morgan fingerprint density at radius 2 is 1.67 bits per heavy atom. The molecule has 0 atom stereocenters. The summed E-state index contributed by atoms with van der Waals surface area (Å²) in [6, 6.07) is -0.179. The van der Waals surface area contributed by atoms with Crippen LogP contribution < -0.4 is 4.72 Å². The van der Waals surface area contributed by atoms with Crippen LogP contribution in [-0.2, 0) is 10.0 Å². The number of alkyl halides is 3. The Morgan fingerprint density at radius 3 is 2.06 bits per heavy atom. The lowest BCUT2D eigenvalue weighted by atomic mass is 9.82. The molecule has 0 amide bonds. The zero-order valence-corrected chi connectivity index (χ0v) is 11.4. The van der Waals surface area contributed by atoms with Gasteiger partial charge in [0, 0.05) is 6.04 Å². The van der Waals surface area contributed by atoms with Crippen molar-refractivity contribution in [2.24, 2.45) is 11.8 Å². The van der Waals surface area contributed by atoms with Crippen molar-refractivity contribution in [2.75, 3.05) is 5.75 Å². The molecule has 0 bridgehead atoms. The predicted molar refractivity (Wildman–Crippen MR) is 63.6 cm³/mol. The molecule has 1 N–H and O–H groups in total. The first-order valence-corrected chi connectivity index (χ1v) is 7.82. The van der Waals surface area contributed by atoms with Crippen molar-refractivity contribution >= 4 is 10.0 Å². The predicted octanol–water partition coefficient (Wildman–Crippen LogP) is 2.68. The number of nitrogens with one attached hydrogen (secondary N) is 1. The Hall–Kier alpha value is -0.300. The van der Waals surface area contributed by atoms with Crippen molar-refractivity contribution in [1.29, 1.82) is 0 Å². The van der Waals surface area contributed by atoms with E-state index in [2.05, 4.69) is 4.72 Å². The average molecular weight is 287 g/mol. The minimum atomic E-state index is -4.14. The largest absolute Gasteiger partial charge is 0.391 e. The van der Waals surface area contributed by atoms with E-state index in [1.807, 2.05) is 0 Å². The second-order valence-electron chi connectivity index (χ2n) is 5.31. The average Bonchev–Trinajstić information content (AvgIpc) is 2.13. The van der Waals surface area contributed by atoms with Crippen LogP contribution >= 0.6 is 0 Å². The van der Waals surface area contributed by atoms with Gasteiger partial charge < -0.3 is 0 Å². The van der Waals surface area contributed by atoms with E-state index in [9.17, 15) is 21.6 Å². The molecule has 0 radical (unpaired) electrons. The molecule has 108 valence electrons. The number of rotatable bonds is 4. The van der Waals surface area contributed by atoms with Gasteiger partial charge in [-0.25, -0.2) is 13.1 Å². The second kappa shape index (κ2) is 5.77. The Morgan fingerprint density at radius 1 is 1.17 bits per heavy atom. The zero-order chi connectivity index (χ0) is 14.0. The second-order valence-corrected chi connectivity index (χ2v) is 7.11. The fourth-order valence-corrected chi connectivity index (χ4v) is 4.14. The lowest BCUT2D eigenvalue weighted by Gasteiger charge is -2.29. The molecular formula is C11H20F3NO2S. The van der Waals surface area contributed by atoms with Gasteiger partial charge in [-0.3, -0.25) is 0 Å². The molecule has 3 nitrogen and oxygen atoms in total. The molecule has 1 aliphatic rings. The summed E-state index contributed by atoms with van der Waals surface area (Å²) in [6.07, 6.45) is -3.37. The lowest BCUT2D eigenvalue weighted by molar-refractivity contribution is -0.183. The Kier molecular flexibility index (Phi) is 5.05. The van der Waals surface area contributed by atoms with E-state index in [1.165, 1.54) is 0 Å². The SMILES string of the molecule is CC(C)NS(=O)(=O)CC1CCC(C(F)(F)F)CC1. The van der Waals surface area contributed by atoms with Crippen LogP contribution in [0.2, 0.25) is 0 Å². The van der Waals surface area contributed by atoms with Crippen LogP contribution in [0.1, 0.15) is 39.5 Å². The molecular weight excluding hydrogens is 267 g/mol. The van der Waals surface area contributed by atoms with Crippen molar-refractivity contribution < 1.29 is 21.6 Å². The van der Waals surface area contributed by atoms with E-state index in [0.717, 1.165) is 0 Å². The van der Waals surface area contributed by atoms with Gasteiger partial charge in [-0.2, -0.15) is 13.2 Å². The Bertz CT molecular complexity index is 357. The molecule has 18 heavy (non-hydrogen) atoms. The Labute approximate surface area is 106 Å². The minimum Gasteiger partial charge on any atom is -0.213 e. The molecule has 1 saturated carbocycles. The fourth-order valence-electron chi connectivity index (χ4n) is 2.37. The quantitative estimate of drug-likeness (QED) is 0.864.